The molecule has 0 saturated carbocycles. The van der Waals surface area contributed by atoms with Gasteiger partial charge in [0.1, 0.15) is 0 Å². The van der Waals surface area contributed by atoms with Crippen molar-refractivity contribution in [1.29, 1.82) is 0 Å². The van der Waals surface area contributed by atoms with E-state index in [1.807, 2.05) is 41.7 Å². The lowest BCUT2D eigenvalue weighted by molar-refractivity contribution is -0.123. The van der Waals surface area contributed by atoms with E-state index in [-0.39, 0.29) is 24.8 Å². The average molecular weight is 332 g/mol. The van der Waals surface area contributed by atoms with Crippen LogP contribution < -0.4 is 5.32 Å². The molecule has 6 nitrogen and oxygen atoms in total. The Bertz CT molecular complexity index is 762. The Balaban J connectivity index is 1.83. The molecule has 3 rings (SSSR count). The van der Waals surface area contributed by atoms with E-state index < -0.39 is 0 Å². The highest BCUT2D eigenvalue weighted by Gasteiger charge is 2.23. The second-order valence-corrected chi connectivity index (χ2v) is 6.71. The molecule has 1 N–H and O–H groups in total. The first-order chi connectivity index (χ1) is 11.0. The van der Waals surface area contributed by atoms with Crippen molar-refractivity contribution in [2.45, 2.75) is 20.8 Å². The van der Waals surface area contributed by atoms with Gasteiger partial charge in [-0.2, -0.15) is 0 Å². The third-order valence-electron chi connectivity index (χ3n) is 4.01. The monoisotopic (exact) mass is 332 g/mol. The maximum Gasteiger partial charge on any atom is 0.234 e. The van der Waals surface area contributed by atoms with Crippen LogP contribution in [0.15, 0.2) is 11.4 Å². The summed E-state index contributed by atoms with van der Waals surface area (Å²) < 4.78 is 2.02. The number of amides is 1. The molecule has 1 aliphatic rings. The molecule has 7 heteroatoms. The molecule has 0 bridgehead atoms. The van der Waals surface area contributed by atoms with Crippen molar-refractivity contribution in [3.63, 3.8) is 0 Å². The van der Waals surface area contributed by atoms with Gasteiger partial charge in [0.2, 0.25) is 5.91 Å². The summed E-state index contributed by atoms with van der Waals surface area (Å²) in [6.07, 6.45) is 0. The summed E-state index contributed by atoms with van der Waals surface area (Å²) in [6.45, 7) is 7.76. The molecule has 1 aliphatic heterocycles. The number of hydrogen-bond donors (Lipinski definition) is 1. The van der Waals surface area contributed by atoms with Crippen LogP contribution in [0.1, 0.15) is 27.4 Å². The highest BCUT2D eigenvalue weighted by Crippen LogP contribution is 2.24. The second kappa shape index (κ2) is 6.25. The Morgan fingerprint density at radius 1 is 1.39 bits per heavy atom. The molecular formula is C16H20N4O2S. The quantitative estimate of drug-likeness (QED) is 0.861. The number of Topliss-reactive ketones (excluding diaryl/α,β-unsaturated/α-hetero) is 1. The first-order valence-corrected chi connectivity index (χ1v) is 8.47. The number of carbonyl (C=O) groups is 2. The first-order valence-electron chi connectivity index (χ1n) is 7.59. The summed E-state index contributed by atoms with van der Waals surface area (Å²) in [4.78, 5) is 30.5. The van der Waals surface area contributed by atoms with Gasteiger partial charge in [-0.05, 0) is 26.8 Å². The zero-order valence-electron chi connectivity index (χ0n) is 13.5. The number of carbonyl (C=O) groups excluding carboxylic acids is 2. The van der Waals surface area contributed by atoms with Crippen molar-refractivity contribution in [3.05, 3.63) is 34.1 Å². The largest absolute Gasteiger partial charge is 0.354 e. The van der Waals surface area contributed by atoms with E-state index >= 15 is 0 Å². The summed E-state index contributed by atoms with van der Waals surface area (Å²) in [5.41, 5.74) is 3.59. The molecule has 2 aromatic rings. The number of piperazine rings is 1. The van der Waals surface area contributed by atoms with Crippen molar-refractivity contribution in [3.8, 4) is 5.13 Å². The predicted octanol–water partition coefficient (Wildman–Crippen LogP) is 1.47. The molecule has 0 atom stereocenters. The first kappa shape index (κ1) is 15.9. The zero-order chi connectivity index (χ0) is 16.6. The lowest BCUT2D eigenvalue weighted by Gasteiger charge is -2.25. The van der Waals surface area contributed by atoms with Crippen LogP contribution in [0.5, 0.6) is 0 Å². The van der Waals surface area contributed by atoms with E-state index in [0.717, 1.165) is 22.2 Å². The van der Waals surface area contributed by atoms with Gasteiger partial charge in [0.05, 0.1) is 18.8 Å². The van der Waals surface area contributed by atoms with Gasteiger partial charge in [-0.15, -0.1) is 11.3 Å². The number of aryl methyl sites for hydroxylation is 2. The molecule has 23 heavy (non-hydrogen) atoms. The normalized spacial score (nSPS) is 15.7. The van der Waals surface area contributed by atoms with Crippen molar-refractivity contribution in [1.82, 2.24) is 19.8 Å². The number of rotatable bonds is 4. The lowest BCUT2D eigenvalue weighted by atomic mass is 10.1. The number of aromatic nitrogens is 2. The summed E-state index contributed by atoms with van der Waals surface area (Å²) in [6, 6.07) is 1.92. The van der Waals surface area contributed by atoms with Gasteiger partial charge in [-0.3, -0.25) is 19.1 Å². The van der Waals surface area contributed by atoms with Crippen LogP contribution in [0.2, 0.25) is 0 Å². The summed E-state index contributed by atoms with van der Waals surface area (Å²) in [7, 11) is 0. The Kier molecular flexibility index (Phi) is 4.32. The van der Waals surface area contributed by atoms with Gasteiger partial charge in [-0.25, -0.2) is 4.98 Å². The molecule has 3 heterocycles. The van der Waals surface area contributed by atoms with E-state index in [1.54, 1.807) is 11.3 Å². The van der Waals surface area contributed by atoms with E-state index in [2.05, 4.69) is 10.3 Å². The number of nitrogens with zero attached hydrogens (tertiary/aromatic N) is 3. The van der Waals surface area contributed by atoms with Crippen LogP contribution in [0, 0.1) is 20.8 Å². The molecule has 0 aliphatic carbocycles. The SMILES string of the molecule is Cc1csc(-n2c(C)cc(C(=O)CN3CCNC(=O)C3)c2C)n1. The Hall–Kier alpha value is -1.99. The van der Waals surface area contributed by atoms with E-state index in [0.29, 0.717) is 18.7 Å². The van der Waals surface area contributed by atoms with Crippen molar-refractivity contribution < 1.29 is 9.59 Å². The molecule has 1 fully saturated rings. The summed E-state index contributed by atoms with van der Waals surface area (Å²) in [5.74, 6) is 0.0279. The minimum absolute atomic E-state index is 0.0206. The van der Waals surface area contributed by atoms with Crippen LogP contribution in [-0.4, -0.2) is 52.3 Å². The number of ketones is 1. The van der Waals surface area contributed by atoms with Crippen LogP contribution in [-0.2, 0) is 4.79 Å². The van der Waals surface area contributed by atoms with Crippen LogP contribution in [0.25, 0.3) is 5.13 Å². The van der Waals surface area contributed by atoms with Gasteiger partial charge in [0.15, 0.2) is 10.9 Å². The predicted molar refractivity (Wildman–Crippen MR) is 89.4 cm³/mol. The highest BCUT2D eigenvalue weighted by molar-refractivity contribution is 7.12. The maximum atomic E-state index is 12.6. The van der Waals surface area contributed by atoms with Gasteiger partial charge in [-0.1, -0.05) is 0 Å². The number of hydrogen-bond acceptors (Lipinski definition) is 5. The molecule has 0 unspecified atom stereocenters. The smallest absolute Gasteiger partial charge is 0.234 e. The van der Waals surface area contributed by atoms with Crippen molar-refractivity contribution >= 4 is 23.0 Å². The Morgan fingerprint density at radius 3 is 2.83 bits per heavy atom. The maximum absolute atomic E-state index is 12.6. The third-order valence-corrected chi connectivity index (χ3v) is 4.96. The van der Waals surface area contributed by atoms with E-state index in [9.17, 15) is 9.59 Å². The fourth-order valence-electron chi connectivity index (χ4n) is 2.90. The van der Waals surface area contributed by atoms with Crippen LogP contribution >= 0.6 is 11.3 Å². The molecule has 1 saturated heterocycles. The lowest BCUT2D eigenvalue weighted by Crippen LogP contribution is -2.49. The molecule has 0 spiro atoms. The standard InChI is InChI=1S/C16H20N4O2S/c1-10-9-23-16(18-10)20-11(2)6-13(12(20)3)14(21)7-19-5-4-17-15(22)8-19/h6,9H,4-5,7-8H2,1-3H3,(H,17,22). The van der Waals surface area contributed by atoms with Gasteiger partial charge >= 0.3 is 0 Å². The number of thiazole rings is 1. The van der Waals surface area contributed by atoms with Gasteiger partial charge < -0.3 is 5.32 Å². The molecule has 1 amide bonds. The second-order valence-electron chi connectivity index (χ2n) is 5.88. The summed E-state index contributed by atoms with van der Waals surface area (Å²) in [5, 5.41) is 5.66. The Labute approximate surface area is 139 Å². The highest BCUT2D eigenvalue weighted by atomic mass is 32.1. The van der Waals surface area contributed by atoms with E-state index in [1.165, 1.54) is 0 Å². The topological polar surface area (TPSA) is 67.2 Å². The summed E-state index contributed by atoms with van der Waals surface area (Å²) >= 11 is 1.57. The fraction of sp³-hybridized carbons (Fsp3) is 0.438. The molecular weight excluding hydrogens is 312 g/mol. The average Bonchev–Trinajstić information content (AvgIpc) is 3.02. The Morgan fingerprint density at radius 2 is 2.17 bits per heavy atom. The van der Waals surface area contributed by atoms with Crippen LogP contribution in [0.4, 0.5) is 0 Å². The van der Waals surface area contributed by atoms with Gasteiger partial charge in [0, 0.05) is 35.4 Å². The number of nitrogens with one attached hydrogen (secondary N) is 1. The fourth-order valence-corrected chi connectivity index (χ4v) is 3.81. The zero-order valence-corrected chi connectivity index (χ0v) is 14.4. The molecule has 0 aromatic carbocycles. The minimum Gasteiger partial charge on any atom is -0.354 e. The van der Waals surface area contributed by atoms with E-state index in [4.69, 9.17) is 0 Å². The van der Waals surface area contributed by atoms with Crippen molar-refractivity contribution in [2.24, 2.45) is 0 Å². The molecule has 122 valence electrons. The minimum atomic E-state index is -0.0206. The third kappa shape index (κ3) is 3.20. The molecule has 2 aromatic heterocycles. The van der Waals surface area contributed by atoms with Crippen molar-refractivity contribution in [2.75, 3.05) is 26.2 Å². The van der Waals surface area contributed by atoms with Gasteiger partial charge in [0.25, 0.3) is 0 Å². The molecule has 0 radical (unpaired) electrons. The van der Waals surface area contributed by atoms with Crippen LogP contribution in [0.3, 0.4) is 0 Å².